The number of hydrogen-bond acceptors (Lipinski definition) is 2. The van der Waals surface area contributed by atoms with Crippen LogP contribution in [0.25, 0.3) is 11.0 Å². The van der Waals surface area contributed by atoms with Crippen LogP contribution in [0.3, 0.4) is 0 Å². The Morgan fingerprint density at radius 1 is 1.43 bits per heavy atom. The fourth-order valence-electron chi connectivity index (χ4n) is 1.36. The van der Waals surface area contributed by atoms with Crippen LogP contribution in [0.1, 0.15) is 11.1 Å². The molecule has 0 radical (unpaired) electrons. The molecule has 2 aromatic rings. The van der Waals surface area contributed by atoms with Crippen molar-refractivity contribution in [1.82, 2.24) is 9.97 Å². The van der Waals surface area contributed by atoms with Gasteiger partial charge in [-0.1, -0.05) is 12.2 Å². The summed E-state index contributed by atoms with van der Waals surface area (Å²) in [5, 5.41) is 0.788. The third-order valence-electron chi connectivity index (χ3n) is 2.28. The zero-order valence-electron chi connectivity index (χ0n) is 7.89. The number of pyridine rings is 2. The van der Waals surface area contributed by atoms with Gasteiger partial charge < -0.3 is 4.98 Å². The number of nitrogens with zero attached hydrogens (tertiary/aromatic N) is 1. The van der Waals surface area contributed by atoms with Crippen molar-refractivity contribution in [3.8, 4) is 0 Å². The van der Waals surface area contributed by atoms with Gasteiger partial charge in [-0.3, -0.25) is 0 Å². The highest BCUT2D eigenvalue weighted by atomic mass is 32.1. The maximum Gasteiger partial charge on any atom is 0.145 e. The molecule has 0 aromatic carbocycles. The molecule has 0 saturated heterocycles. The van der Waals surface area contributed by atoms with Crippen molar-refractivity contribution >= 4 is 23.3 Å². The van der Waals surface area contributed by atoms with Gasteiger partial charge in [0, 0.05) is 5.39 Å². The highest BCUT2D eigenvalue weighted by molar-refractivity contribution is 7.71. The van der Waals surface area contributed by atoms with Gasteiger partial charge in [-0.05, 0) is 31.0 Å². The van der Waals surface area contributed by atoms with Gasteiger partial charge in [-0.15, -0.1) is 0 Å². The molecule has 14 heavy (non-hydrogen) atoms. The largest absolute Gasteiger partial charge is 0.331 e. The summed E-state index contributed by atoms with van der Waals surface area (Å²) in [6, 6.07) is 1.86. The lowest BCUT2D eigenvalue weighted by Crippen LogP contribution is -1.92. The van der Waals surface area contributed by atoms with Gasteiger partial charge in [0.05, 0.1) is 6.20 Å². The first-order chi connectivity index (χ1) is 6.59. The normalized spacial score (nSPS) is 10.8. The molecule has 0 saturated carbocycles. The molecular weight excluding hydrogens is 199 g/mol. The van der Waals surface area contributed by atoms with Crippen LogP contribution in [0.4, 0.5) is 4.39 Å². The number of rotatable bonds is 0. The minimum atomic E-state index is -0.289. The molecule has 0 fully saturated rings. The number of halogens is 1. The highest BCUT2D eigenvalue weighted by Crippen LogP contribution is 2.18. The standard InChI is InChI=1S/C10H9FN2S/c1-5-3-7-6(2)8(11)4-12-9(7)13-10(5)14/h3-4H,1-2H3,(H,12,13,14). The van der Waals surface area contributed by atoms with E-state index in [1.807, 2.05) is 13.0 Å². The van der Waals surface area contributed by atoms with Crippen molar-refractivity contribution in [1.29, 1.82) is 0 Å². The second-order valence-corrected chi connectivity index (χ2v) is 3.68. The molecule has 0 aliphatic rings. The fraction of sp³-hybridized carbons (Fsp3) is 0.200. The maximum absolute atomic E-state index is 13.2. The summed E-state index contributed by atoms with van der Waals surface area (Å²) in [5.74, 6) is -0.289. The van der Waals surface area contributed by atoms with Crippen LogP contribution in [-0.2, 0) is 0 Å². The molecule has 2 heterocycles. The van der Waals surface area contributed by atoms with Crippen molar-refractivity contribution in [2.75, 3.05) is 0 Å². The molecule has 0 unspecified atom stereocenters. The average molecular weight is 208 g/mol. The Morgan fingerprint density at radius 3 is 2.86 bits per heavy atom. The molecule has 2 rings (SSSR count). The second kappa shape index (κ2) is 3.13. The fourth-order valence-corrected chi connectivity index (χ4v) is 1.51. The lowest BCUT2D eigenvalue weighted by Gasteiger charge is -2.03. The summed E-state index contributed by atoms with van der Waals surface area (Å²) in [6.07, 6.45) is 1.21. The Labute approximate surface area is 85.8 Å². The van der Waals surface area contributed by atoms with Crippen molar-refractivity contribution in [3.63, 3.8) is 0 Å². The number of fused-ring (bicyclic) bond motifs is 1. The number of aromatic amines is 1. The summed E-state index contributed by atoms with van der Waals surface area (Å²) in [5.41, 5.74) is 2.17. The molecule has 0 atom stereocenters. The molecular formula is C10H9FN2S. The van der Waals surface area contributed by atoms with Crippen molar-refractivity contribution < 1.29 is 4.39 Å². The number of hydrogen-bond donors (Lipinski definition) is 1. The molecule has 0 bridgehead atoms. The van der Waals surface area contributed by atoms with E-state index >= 15 is 0 Å². The predicted octanol–water partition coefficient (Wildman–Crippen LogP) is 3.05. The zero-order valence-corrected chi connectivity index (χ0v) is 8.70. The molecule has 4 heteroatoms. The first-order valence-corrected chi connectivity index (χ1v) is 4.65. The summed E-state index contributed by atoms with van der Waals surface area (Å²) in [7, 11) is 0. The number of nitrogens with one attached hydrogen (secondary N) is 1. The minimum absolute atomic E-state index is 0.289. The first-order valence-electron chi connectivity index (χ1n) is 4.24. The quantitative estimate of drug-likeness (QED) is 0.674. The van der Waals surface area contributed by atoms with E-state index in [4.69, 9.17) is 12.2 Å². The van der Waals surface area contributed by atoms with Gasteiger partial charge in [0.1, 0.15) is 16.1 Å². The molecule has 2 aromatic heterocycles. The molecule has 72 valence electrons. The first kappa shape index (κ1) is 9.27. The lowest BCUT2D eigenvalue weighted by molar-refractivity contribution is 0.615. The van der Waals surface area contributed by atoms with Crippen LogP contribution in [0.2, 0.25) is 0 Å². The Kier molecular flexibility index (Phi) is 2.07. The van der Waals surface area contributed by atoms with Gasteiger partial charge in [-0.25, -0.2) is 9.37 Å². The van der Waals surface area contributed by atoms with Crippen LogP contribution in [0.15, 0.2) is 12.3 Å². The van der Waals surface area contributed by atoms with Gasteiger partial charge in [0.15, 0.2) is 0 Å². The molecule has 0 spiro atoms. The Bertz CT molecular complexity index is 560. The van der Waals surface area contributed by atoms with Crippen molar-refractivity contribution in [3.05, 3.63) is 33.8 Å². The summed E-state index contributed by atoms with van der Waals surface area (Å²) >= 11 is 5.07. The third-order valence-corrected chi connectivity index (χ3v) is 2.70. The summed E-state index contributed by atoms with van der Waals surface area (Å²) in [6.45, 7) is 3.62. The topological polar surface area (TPSA) is 28.7 Å². The number of H-pyrrole nitrogens is 1. The van der Waals surface area contributed by atoms with E-state index < -0.39 is 0 Å². The van der Waals surface area contributed by atoms with E-state index in [-0.39, 0.29) is 5.82 Å². The third kappa shape index (κ3) is 1.32. The SMILES string of the molecule is Cc1cc2c(C)c(F)cnc2[nH]c1=S. The van der Waals surface area contributed by atoms with Crippen LogP contribution < -0.4 is 0 Å². The Hall–Kier alpha value is -1.29. The van der Waals surface area contributed by atoms with E-state index in [1.54, 1.807) is 6.92 Å². The second-order valence-electron chi connectivity index (χ2n) is 3.27. The molecule has 1 N–H and O–H groups in total. The predicted molar refractivity (Wildman–Crippen MR) is 56.4 cm³/mol. The maximum atomic E-state index is 13.2. The molecule has 0 aliphatic heterocycles. The minimum Gasteiger partial charge on any atom is -0.331 e. The Morgan fingerprint density at radius 2 is 2.14 bits per heavy atom. The Balaban J connectivity index is 2.97. The summed E-state index contributed by atoms with van der Waals surface area (Å²) in [4.78, 5) is 6.91. The monoisotopic (exact) mass is 208 g/mol. The molecule has 2 nitrogen and oxygen atoms in total. The summed E-state index contributed by atoms with van der Waals surface area (Å²) < 4.78 is 13.8. The molecule has 0 aliphatic carbocycles. The number of aromatic nitrogens is 2. The van der Waals surface area contributed by atoms with E-state index in [1.165, 1.54) is 6.20 Å². The van der Waals surface area contributed by atoms with Gasteiger partial charge in [0.25, 0.3) is 0 Å². The van der Waals surface area contributed by atoms with Gasteiger partial charge in [-0.2, -0.15) is 0 Å². The zero-order chi connectivity index (χ0) is 10.3. The van der Waals surface area contributed by atoms with Gasteiger partial charge in [0.2, 0.25) is 0 Å². The van der Waals surface area contributed by atoms with Crippen LogP contribution >= 0.6 is 12.2 Å². The van der Waals surface area contributed by atoms with Crippen LogP contribution in [0, 0.1) is 24.3 Å². The number of aryl methyl sites for hydroxylation is 2. The van der Waals surface area contributed by atoms with Crippen molar-refractivity contribution in [2.24, 2.45) is 0 Å². The van der Waals surface area contributed by atoms with E-state index in [0.29, 0.717) is 15.9 Å². The smallest absolute Gasteiger partial charge is 0.145 e. The van der Waals surface area contributed by atoms with E-state index in [2.05, 4.69) is 9.97 Å². The van der Waals surface area contributed by atoms with E-state index in [0.717, 1.165) is 10.9 Å². The van der Waals surface area contributed by atoms with E-state index in [9.17, 15) is 4.39 Å². The highest BCUT2D eigenvalue weighted by Gasteiger charge is 2.05. The lowest BCUT2D eigenvalue weighted by atomic mass is 10.1. The van der Waals surface area contributed by atoms with Crippen molar-refractivity contribution in [2.45, 2.75) is 13.8 Å². The van der Waals surface area contributed by atoms with Crippen LogP contribution in [-0.4, -0.2) is 9.97 Å². The average Bonchev–Trinajstić information content (AvgIpc) is 2.15. The van der Waals surface area contributed by atoms with Gasteiger partial charge >= 0.3 is 0 Å². The van der Waals surface area contributed by atoms with Crippen LogP contribution in [0.5, 0.6) is 0 Å². The molecule has 0 amide bonds.